The molecule has 2 fully saturated rings. The molecule has 0 aliphatic carbocycles. The summed E-state index contributed by atoms with van der Waals surface area (Å²) in [5.41, 5.74) is 1.91. The molecule has 0 spiro atoms. The van der Waals surface area contributed by atoms with Gasteiger partial charge in [0.1, 0.15) is 5.75 Å². The van der Waals surface area contributed by atoms with E-state index in [2.05, 4.69) is 44.3 Å². The first-order chi connectivity index (χ1) is 16.3. The molecule has 8 nitrogen and oxygen atoms in total. The predicted octanol–water partition coefficient (Wildman–Crippen LogP) is 2.63. The number of benzene rings is 2. The van der Waals surface area contributed by atoms with Gasteiger partial charge in [-0.25, -0.2) is 13.1 Å². The summed E-state index contributed by atoms with van der Waals surface area (Å²) >= 11 is 5.49. The smallest absolute Gasteiger partial charge is 0.240 e. The Balaban J connectivity index is 1.26. The van der Waals surface area contributed by atoms with E-state index in [9.17, 15) is 8.42 Å². The van der Waals surface area contributed by atoms with Crippen LogP contribution < -0.4 is 25.0 Å². The van der Waals surface area contributed by atoms with Crippen LogP contribution >= 0.6 is 12.2 Å². The van der Waals surface area contributed by atoms with Gasteiger partial charge >= 0.3 is 0 Å². The molecular weight excluding hydrogens is 470 g/mol. The van der Waals surface area contributed by atoms with Crippen LogP contribution in [-0.4, -0.2) is 70.9 Å². The predicted molar refractivity (Wildman–Crippen MR) is 140 cm³/mol. The highest BCUT2D eigenvalue weighted by molar-refractivity contribution is 7.89. The third kappa shape index (κ3) is 6.38. The van der Waals surface area contributed by atoms with E-state index in [1.54, 1.807) is 31.4 Å². The Bertz CT molecular complexity index is 1070. The number of nitrogens with one attached hydrogen (secondary N) is 3. The average Bonchev–Trinajstić information content (AvgIpc) is 3.29. The highest BCUT2D eigenvalue weighted by atomic mass is 32.2. The Morgan fingerprint density at radius 1 is 0.971 bits per heavy atom. The number of thiocarbonyl (C=S) groups is 1. The fraction of sp³-hybridized carbons (Fsp3) is 0.458. The fourth-order valence-corrected chi connectivity index (χ4v) is 5.98. The van der Waals surface area contributed by atoms with E-state index in [-0.39, 0.29) is 17.0 Å². The van der Waals surface area contributed by atoms with Crippen molar-refractivity contribution in [1.82, 2.24) is 14.9 Å². The van der Waals surface area contributed by atoms with Crippen molar-refractivity contribution in [2.45, 2.75) is 36.2 Å². The van der Waals surface area contributed by atoms with Crippen LogP contribution in [0.4, 0.5) is 11.4 Å². The summed E-state index contributed by atoms with van der Waals surface area (Å²) in [5, 5.41) is 7.07. The molecule has 0 aromatic heterocycles. The first kappa shape index (κ1) is 24.7. The van der Waals surface area contributed by atoms with Gasteiger partial charge in [-0.1, -0.05) is 0 Å². The second-order valence-corrected chi connectivity index (χ2v) is 11.1. The lowest BCUT2D eigenvalue weighted by atomic mass is 10.1. The van der Waals surface area contributed by atoms with Gasteiger partial charge in [0, 0.05) is 36.5 Å². The number of rotatable bonds is 7. The zero-order chi connectivity index (χ0) is 24.1. The van der Waals surface area contributed by atoms with Gasteiger partial charge in [-0.05, 0) is 100 Å². The molecule has 2 heterocycles. The number of nitrogens with zero attached hydrogens (tertiary/aromatic N) is 2. The molecule has 0 saturated carbocycles. The molecule has 34 heavy (non-hydrogen) atoms. The number of likely N-dealkylation sites (tertiary alicyclic amines) is 1. The van der Waals surface area contributed by atoms with Crippen molar-refractivity contribution in [1.29, 1.82) is 0 Å². The lowest BCUT2D eigenvalue weighted by Crippen LogP contribution is -2.43. The first-order valence-electron chi connectivity index (χ1n) is 11.6. The monoisotopic (exact) mass is 503 g/mol. The van der Waals surface area contributed by atoms with Gasteiger partial charge in [-0.2, -0.15) is 0 Å². The van der Waals surface area contributed by atoms with E-state index in [0.29, 0.717) is 5.11 Å². The zero-order valence-corrected chi connectivity index (χ0v) is 21.3. The number of ether oxygens (including phenoxy) is 1. The van der Waals surface area contributed by atoms with Crippen molar-refractivity contribution in [3.63, 3.8) is 0 Å². The molecule has 3 N–H and O–H groups in total. The third-order valence-corrected chi connectivity index (χ3v) is 8.18. The van der Waals surface area contributed by atoms with Crippen molar-refractivity contribution >= 4 is 38.7 Å². The molecular formula is C24H33N5O3S2. The first-order valence-corrected chi connectivity index (χ1v) is 13.5. The molecule has 0 radical (unpaired) electrons. The Labute approximate surface area is 207 Å². The quantitative estimate of drug-likeness (QED) is 0.498. The van der Waals surface area contributed by atoms with Crippen LogP contribution in [0.25, 0.3) is 0 Å². The van der Waals surface area contributed by atoms with Gasteiger partial charge in [0.15, 0.2) is 5.11 Å². The Morgan fingerprint density at radius 3 is 2.26 bits per heavy atom. The molecule has 4 rings (SSSR count). The highest BCUT2D eigenvalue weighted by Crippen LogP contribution is 2.23. The van der Waals surface area contributed by atoms with E-state index in [1.165, 1.54) is 0 Å². The number of hydrogen-bond donors (Lipinski definition) is 3. The summed E-state index contributed by atoms with van der Waals surface area (Å²) in [6.07, 6.45) is 2.63. The molecule has 2 aromatic rings. The number of anilines is 2. The van der Waals surface area contributed by atoms with Crippen LogP contribution in [0, 0.1) is 0 Å². The molecule has 184 valence electrons. The normalized spacial score (nSPS) is 19.7. The molecule has 1 unspecified atom stereocenters. The summed E-state index contributed by atoms with van der Waals surface area (Å²) in [5.74, 6) is 0.847. The highest BCUT2D eigenvalue weighted by Gasteiger charge is 2.24. The Kier molecular flexibility index (Phi) is 7.92. The van der Waals surface area contributed by atoms with Crippen molar-refractivity contribution in [2.75, 3.05) is 50.6 Å². The van der Waals surface area contributed by atoms with Crippen molar-refractivity contribution in [3.8, 4) is 5.75 Å². The van der Waals surface area contributed by atoms with Gasteiger partial charge in [0.05, 0.1) is 12.0 Å². The topological polar surface area (TPSA) is 85.9 Å². The molecule has 0 bridgehead atoms. The van der Waals surface area contributed by atoms with Crippen LogP contribution in [0.3, 0.4) is 0 Å². The van der Waals surface area contributed by atoms with Gasteiger partial charge < -0.3 is 25.2 Å². The maximum absolute atomic E-state index is 12.7. The van der Waals surface area contributed by atoms with Crippen molar-refractivity contribution in [2.24, 2.45) is 0 Å². The van der Waals surface area contributed by atoms with E-state index in [0.717, 1.165) is 62.6 Å². The van der Waals surface area contributed by atoms with Crippen LogP contribution in [0.1, 0.15) is 19.3 Å². The molecule has 2 aliphatic heterocycles. The van der Waals surface area contributed by atoms with Crippen molar-refractivity contribution < 1.29 is 13.2 Å². The largest absolute Gasteiger partial charge is 0.497 e. The van der Waals surface area contributed by atoms with Gasteiger partial charge in [-0.15, -0.1) is 0 Å². The van der Waals surface area contributed by atoms with Gasteiger partial charge in [0.25, 0.3) is 0 Å². The summed E-state index contributed by atoms with van der Waals surface area (Å²) in [6.45, 7) is 3.61. The van der Waals surface area contributed by atoms with Crippen LogP contribution in [0.5, 0.6) is 5.75 Å². The SMILES string of the molecule is COc1ccc(N2CCC(NC(=S)Nc3ccc(S(=O)(=O)NC4CCN(C)CC4)cc3)C2)cc1. The molecule has 2 saturated heterocycles. The average molecular weight is 504 g/mol. The minimum atomic E-state index is -3.54. The van der Waals surface area contributed by atoms with Crippen LogP contribution in [0.15, 0.2) is 53.4 Å². The third-order valence-electron chi connectivity index (χ3n) is 6.42. The van der Waals surface area contributed by atoms with E-state index >= 15 is 0 Å². The number of piperidine rings is 1. The second kappa shape index (κ2) is 10.9. The molecule has 2 aromatic carbocycles. The molecule has 2 aliphatic rings. The summed E-state index contributed by atoms with van der Waals surface area (Å²) < 4.78 is 33.5. The van der Waals surface area contributed by atoms with Gasteiger partial charge in [-0.3, -0.25) is 0 Å². The van der Waals surface area contributed by atoms with E-state index < -0.39 is 10.0 Å². The molecule has 1 atom stereocenters. The van der Waals surface area contributed by atoms with E-state index in [4.69, 9.17) is 17.0 Å². The summed E-state index contributed by atoms with van der Waals surface area (Å²) in [4.78, 5) is 4.79. The van der Waals surface area contributed by atoms with E-state index in [1.807, 2.05) is 12.1 Å². The minimum absolute atomic E-state index is 0.0142. The Hall–Kier alpha value is -2.40. The lowest BCUT2D eigenvalue weighted by Gasteiger charge is -2.29. The lowest BCUT2D eigenvalue weighted by molar-refractivity contribution is 0.248. The maximum Gasteiger partial charge on any atom is 0.240 e. The molecule has 10 heteroatoms. The fourth-order valence-electron chi connectivity index (χ4n) is 4.39. The number of hydrogen-bond acceptors (Lipinski definition) is 6. The zero-order valence-electron chi connectivity index (χ0n) is 19.7. The summed E-state index contributed by atoms with van der Waals surface area (Å²) in [6, 6.07) is 15.0. The maximum atomic E-state index is 12.7. The van der Waals surface area contributed by atoms with Crippen LogP contribution in [-0.2, 0) is 10.0 Å². The number of methoxy groups -OCH3 is 1. The second-order valence-electron chi connectivity index (χ2n) is 8.95. The van der Waals surface area contributed by atoms with Gasteiger partial charge in [0.2, 0.25) is 10.0 Å². The Morgan fingerprint density at radius 2 is 1.62 bits per heavy atom. The molecule has 0 amide bonds. The van der Waals surface area contributed by atoms with Crippen molar-refractivity contribution in [3.05, 3.63) is 48.5 Å². The van der Waals surface area contributed by atoms with Crippen LogP contribution in [0.2, 0.25) is 0 Å². The minimum Gasteiger partial charge on any atom is -0.497 e. The summed E-state index contributed by atoms with van der Waals surface area (Å²) in [7, 11) is 0.184. The number of sulfonamides is 1. The standard InChI is InChI=1S/C24H33N5O3S2/c1-28-14-11-19(12-15-28)27-34(30,31)23-9-3-18(4-10-23)25-24(33)26-20-13-16-29(17-20)21-5-7-22(32-2)8-6-21/h3-10,19-20,27H,11-17H2,1-2H3,(H2,25,26,33).